The molecule has 0 fully saturated rings. The fraction of sp³-hybridized carbons (Fsp3) is 0. The van der Waals surface area contributed by atoms with Crippen molar-refractivity contribution in [1.82, 2.24) is 4.57 Å². The van der Waals surface area contributed by atoms with E-state index in [9.17, 15) is 0 Å². The van der Waals surface area contributed by atoms with Crippen molar-refractivity contribution in [1.29, 1.82) is 0 Å². The molecular formula is C48H32N2S. The summed E-state index contributed by atoms with van der Waals surface area (Å²) in [5, 5.41) is 5.10. The number of rotatable bonds is 6. The van der Waals surface area contributed by atoms with Gasteiger partial charge >= 0.3 is 0 Å². The predicted octanol–water partition coefficient (Wildman–Crippen LogP) is 14.0. The van der Waals surface area contributed by atoms with Crippen LogP contribution >= 0.6 is 11.3 Å². The molecule has 51 heavy (non-hydrogen) atoms. The molecule has 0 unspecified atom stereocenters. The third-order valence-electron chi connectivity index (χ3n) is 10.0. The zero-order valence-corrected chi connectivity index (χ0v) is 28.6. The normalized spacial score (nSPS) is 11.5. The topological polar surface area (TPSA) is 8.17 Å². The predicted molar refractivity (Wildman–Crippen MR) is 219 cm³/mol. The lowest BCUT2D eigenvalue weighted by Gasteiger charge is -2.26. The first-order valence-electron chi connectivity index (χ1n) is 17.4. The molecular weight excluding hydrogens is 637 g/mol. The maximum Gasteiger partial charge on any atom is 0.0640 e. The van der Waals surface area contributed by atoms with Gasteiger partial charge in [-0.25, -0.2) is 0 Å². The molecule has 2 heterocycles. The molecule has 0 N–H and O–H groups in total. The van der Waals surface area contributed by atoms with Crippen LogP contribution in [0.25, 0.3) is 69.9 Å². The van der Waals surface area contributed by atoms with E-state index in [1.165, 1.54) is 75.6 Å². The molecule has 8 aromatic carbocycles. The van der Waals surface area contributed by atoms with E-state index in [1.807, 2.05) is 11.3 Å². The summed E-state index contributed by atoms with van der Waals surface area (Å²) in [5.74, 6) is 0. The summed E-state index contributed by atoms with van der Waals surface area (Å²) in [5.41, 5.74) is 11.9. The van der Waals surface area contributed by atoms with E-state index in [1.54, 1.807) is 0 Å². The molecule has 0 saturated carbocycles. The van der Waals surface area contributed by atoms with Gasteiger partial charge in [0, 0.05) is 43.3 Å². The Labute approximate surface area is 300 Å². The molecule has 0 atom stereocenters. The molecule has 0 amide bonds. The first kappa shape index (κ1) is 29.5. The van der Waals surface area contributed by atoms with Gasteiger partial charge < -0.3 is 9.47 Å². The number of hydrogen-bond acceptors (Lipinski definition) is 2. The molecule has 3 heteroatoms. The van der Waals surface area contributed by atoms with Crippen molar-refractivity contribution in [3.8, 4) is 27.9 Å². The summed E-state index contributed by atoms with van der Waals surface area (Å²) in [6.45, 7) is 0. The lowest BCUT2D eigenvalue weighted by Crippen LogP contribution is -2.10. The van der Waals surface area contributed by atoms with Crippen LogP contribution in [0, 0.1) is 0 Å². The van der Waals surface area contributed by atoms with Gasteiger partial charge in [0.2, 0.25) is 0 Å². The van der Waals surface area contributed by atoms with Crippen molar-refractivity contribution in [3.05, 3.63) is 194 Å². The van der Waals surface area contributed by atoms with Crippen molar-refractivity contribution in [2.45, 2.75) is 0 Å². The smallest absolute Gasteiger partial charge is 0.0640 e. The molecule has 10 rings (SSSR count). The standard InChI is InChI=1S/C48H32N2S/c1-3-12-33(13-4-1)35-22-26-37(27-23-35)49(38-28-24-36(25-29-38)34-14-5-2-6-15-34)46-21-11-18-43-42-31-30-39(32-47(42)51-48(43)46)50-44-19-9-7-16-40(44)41-17-8-10-20-45(41)50/h1-32H. The molecule has 10 aromatic rings. The Balaban J connectivity index is 1.14. The molecule has 0 aliphatic rings. The van der Waals surface area contributed by atoms with Crippen molar-refractivity contribution in [2.75, 3.05) is 4.90 Å². The second-order valence-corrected chi connectivity index (χ2v) is 14.0. The molecule has 2 aromatic heterocycles. The average Bonchev–Trinajstić information content (AvgIpc) is 3.75. The number of benzene rings is 8. The fourth-order valence-electron chi connectivity index (χ4n) is 7.58. The van der Waals surface area contributed by atoms with E-state index in [0.29, 0.717) is 0 Å². The Bertz CT molecular complexity index is 2690. The van der Waals surface area contributed by atoms with Gasteiger partial charge in [-0.2, -0.15) is 0 Å². The van der Waals surface area contributed by atoms with Crippen LogP contribution < -0.4 is 4.90 Å². The number of aromatic nitrogens is 1. The minimum absolute atomic E-state index is 1.12. The summed E-state index contributed by atoms with van der Waals surface area (Å²) < 4.78 is 4.95. The lowest BCUT2D eigenvalue weighted by atomic mass is 10.0. The van der Waals surface area contributed by atoms with Gasteiger partial charge in [-0.15, -0.1) is 11.3 Å². The van der Waals surface area contributed by atoms with Gasteiger partial charge in [-0.05, 0) is 76.9 Å². The average molecular weight is 669 g/mol. The van der Waals surface area contributed by atoms with Crippen LogP contribution in [-0.4, -0.2) is 4.57 Å². The molecule has 0 aliphatic heterocycles. The monoisotopic (exact) mass is 668 g/mol. The molecule has 0 saturated heterocycles. The van der Waals surface area contributed by atoms with Crippen LogP contribution in [0.1, 0.15) is 0 Å². The zero-order chi connectivity index (χ0) is 33.7. The van der Waals surface area contributed by atoms with Gasteiger partial charge in [-0.1, -0.05) is 140 Å². The Kier molecular flexibility index (Phi) is 7.04. The highest BCUT2D eigenvalue weighted by Gasteiger charge is 2.19. The summed E-state index contributed by atoms with van der Waals surface area (Å²) in [4.78, 5) is 2.41. The van der Waals surface area contributed by atoms with Crippen molar-refractivity contribution in [2.24, 2.45) is 0 Å². The van der Waals surface area contributed by atoms with Crippen LogP contribution in [0.4, 0.5) is 17.1 Å². The third-order valence-corrected chi connectivity index (χ3v) is 11.2. The molecule has 0 radical (unpaired) electrons. The quantitative estimate of drug-likeness (QED) is 0.171. The van der Waals surface area contributed by atoms with Crippen molar-refractivity contribution < 1.29 is 0 Å². The summed E-state index contributed by atoms with van der Waals surface area (Å²) in [6, 6.07) is 70.3. The van der Waals surface area contributed by atoms with Crippen LogP contribution in [0.15, 0.2) is 194 Å². The summed E-state index contributed by atoms with van der Waals surface area (Å²) in [7, 11) is 0. The minimum atomic E-state index is 1.12. The number of nitrogens with zero attached hydrogens (tertiary/aromatic N) is 2. The number of anilines is 3. The van der Waals surface area contributed by atoms with E-state index in [-0.39, 0.29) is 0 Å². The number of hydrogen-bond donors (Lipinski definition) is 0. The molecule has 240 valence electrons. The first-order chi connectivity index (χ1) is 25.3. The van der Waals surface area contributed by atoms with Crippen LogP contribution in [-0.2, 0) is 0 Å². The second kappa shape index (κ2) is 12.2. The third kappa shape index (κ3) is 5.01. The minimum Gasteiger partial charge on any atom is -0.309 e. The highest BCUT2D eigenvalue weighted by Crippen LogP contribution is 2.46. The largest absolute Gasteiger partial charge is 0.309 e. The second-order valence-electron chi connectivity index (χ2n) is 13.0. The SMILES string of the molecule is c1ccc(-c2ccc(N(c3ccc(-c4ccccc4)cc3)c3cccc4c3sc3cc(-n5c6ccccc6c6ccccc65)ccc34)cc2)cc1. The van der Waals surface area contributed by atoms with Gasteiger partial charge in [0.15, 0.2) is 0 Å². The lowest BCUT2D eigenvalue weighted by molar-refractivity contribution is 1.19. The van der Waals surface area contributed by atoms with Crippen LogP contribution in [0.2, 0.25) is 0 Å². The molecule has 0 aliphatic carbocycles. The van der Waals surface area contributed by atoms with E-state index >= 15 is 0 Å². The number of thiophene rings is 1. The Morgan fingerprint density at radius 3 is 1.43 bits per heavy atom. The zero-order valence-electron chi connectivity index (χ0n) is 27.8. The molecule has 0 spiro atoms. The van der Waals surface area contributed by atoms with Crippen LogP contribution in [0.5, 0.6) is 0 Å². The highest BCUT2D eigenvalue weighted by atomic mass is 32.1. The summed E-state index contributed by atoms with van der Waals surface area (Å²) >= 11 is 1.87. The van der Waals surface area contributed by atoms with Gasteiger partial charge in [0.1, 0.15) is 0 Å². The van der Waals surface area contributed by atoms with Crippen LogP contribution in [0.3, 0.4) is 0 Å². The number of fused-ring (bicyclic) bond motifs is 6. The Morgan fingerprint density at radius 2 is 0.863 bits per heavy atom. The maximum absolute atomic E-state index is 2.41. The number of para-hydroxylation sites is 2. The van der Waals surface area contributed by atoms with Crippen molar-refractivity contribution >= 4 is 70.4 Å². The Hall–Kier alpha value is -6.42. The van der Waals surface area contributed by atoms with E-state index in [2.05, 4.69) is 204 Å². The highest BCUT2D eigenvalue weighted by molar-refractivity contribution is 7.26. The Morgan fingerprint density at radius 1 is 0.373 bits per heavy atom. The van der Waals surface area contributed by atoms with Gasteiger partial charge in [-0.3, -0.25) is 0 Å². The van der Waals surface area contributed by atoms with E-state index in [0.717, 1.165) is 11.4 Å². The maximum atomic E-state index is 2.41. The van der Waals surface area contributed by atoms with Gasteiger partial charge in [0.25, 0.3) is 0 Å². The van der Waals surface area contributed by atoms with Crippen molar-refractivity contribution in [3.63, 3.8) is 0 Å². The fourth-order valence-corrected chi connectivity index (χ4v) is 8.82. The first-order valence-corrected chi connectivity index (χ1v) is 18.2. The van der Waals surface area contributed by atoms with Gasteiger partial charge in [0.05, 0.1) is 21.4 Å². The molecule has 0 bridgehead atoms. The van der Waals surface area contributed by atoms with E-state index in [4.69, 9.17) is 0 Å². The molecule has 2 nitrogen and oxygen atoms in total. The summed E-state index contributed by atoms with van der Waals surface area (Å²) in [6.07, 6.45) is 0. The van der Waals surface area contributed by atoms with E-state index < -0.39 is 0 Å².